The molecule has 2 aromatic rings. The molecule has 1 atom stereocenters. The number of hydrogen-bond acceptors (Lipinski definition) is 6. The first-order chi connectivity index (χ1) is 13.1. The zero-order chi connectivity index (χ0) is 19.0. The molecule has 1 unspecified atom stereocenters. The molecule has 1 aromatic heterocycles. The third-order valence-corrected chi connectivity index (χ3v) is 4.99. The molecule has 2 aliphatic heterocycles. The van der Waals surface area contributed by atoms with Crippen LogP contribution < -0.4 is 16.4 Å². The molecule has 5 N–H and O–H groups in total. The standard InChI is InChI=1S/C18H20N6O3/c19-7-11-6-15(23-22-11)20-8-10-2-1-3-12-13(10)9-24(18(12)27)14-4-5-16(25)21-17(14)26/h1-3,6,14H,4-5,7-9,19H2,(H2,20,22,23)(H,21,25,26). The molecule has 1 saturated heterocycles. The Morgan fingerprint density at radius 2 is 2.15 bits per heavy atom. The largest absolute Gasteiger partial charge is 0.365 e. The number of carbonyl (C=O) groups is 3. The average Bonchev–Trinajstić information content (AvgIpc) is 3.25. The van der Waals surface area contributed by atoms with E-state index in [1.54, 1.807) is 11.0 Å². The van der Waals surface area contributed by atoms with Gasteiger partial charge in [-0.25, -0.2) is 0 Å². The van der Waals surface area contributed by atoms with Crippen molar-refractivity contribution in [3.05, 3.63) is 46.6 Å². The summed E-state index contributed by atoms with van der Waals surface area (Å²) in [6.07, 6.45) is 0.598. The van der Waals surface area contributed by atoms with Gasteiger partial charge in [0.2, 0.25) is 11.8 Å². The van der Waals surface area contributed by atoms with Crippen molar-refractivity contribution in [2.45, 2.75) is 38.5 Å². The Kier molecular flexibility index (Phi) is 4.36. The minimum Gasteiger partial charge on any atom is -0.365 e. The Morgan fingerprint density at radius 1 is 1.30 bits per heavy atom. The minimum atomic E-state index is -0.609. The number of nitrogens with zero attached hydrogens (tertiary/aromatic N) is 2. The van der Waals surface area contributed by atoms with Crippen LogP contribution >= 0.6 is 0 Å². The van der Waals surface area contributed by atoms with Crippen molar-refractivity contribution in [1.82, 2.24) is 20.4 Å². The third kappa shape index (κ3) is 3.17. The number of nitrogens with one attached hydrogen (secondary N) is 3. The first-order valence-corrected chi connectivity index (χ1v) is 8.80. The lowest BCUT2D eigenvalue weighted by atomic mass is 10.0. The summed E-state index contributed by atoms with van der Waals surface area (Å²) in [4.78, 5) is 37.9. The van der Waals surface area contributed by atoms with E-state index in [4.69, 9.17) is 5.73 Å². The number of carbonyl (C=O) groups excluding carboxylic acids is 3. The van der Waals surface area contributed by atoms with Crippen LogP contribution in [0, 0.1) is 0 Å². The van der Waals surface area contributed by atoms with E-state index in [-0.39, 0.29) is 18.2 Å². The van der Waals surface area contributed by atoms with E-state index in [9.17, 15) is 14.4 Å². The highest BCUT2D eigenvalue weighted by molar-refractivity contribution is 6.05. The van der Waals surface area contributed by atoms with Gasteiger partial charge in [0.05, 0.1) is 5.69 Å². The maximum absolute atomic E-state index is 12.8. The summed E-state index contributed by atoms with van der Waals surface area (Å²) in [5, 5.41) is 12.5. The van der Waals surface area contributed by atoms with Gasteiger partial charge >= 0.3 is 0 Å². The van der Waals surface area contributed by atoms with Crippen molar-refractivity contribution in [2.75, 3.05) is 5.32 Å². The number of anilines is 1. The Morgan fingerprint density at radius 3 is 2.89 bits per heavy atom. The number of H-pyrrole nitrogens is 1. The van der Waals surface area contributed by atoms with Crippen LogP contribution in [0.25, 0.3) is 0 Å². The van der Waals surface area contributed by atoms with E-state index in [1.165, 1.54) is 0 Å². The molecule has 0 aliphatic carbocycles. The van der Waals surface area contributed by atoms with Crippen LogP contribution in [-0.2, 0) is 29.2 Å². The van der Waals surface area contributed by atoms with Gasteiger partial charge in [0.15, 0.2) is 0 Å². The number of aromatic amines is 1. The van der Waals surface area contributed by atoms with Crippen molar-refractivity contribution in [3.8, 4) is 0 Å². The van der Waals surface area contributed by atoms with Gasteiger partial charge in [-0.15, -0.1) is 0 Å². The van der Waals surface area contributed by atoms with Gasteiger partial charge in [0.1, 0.15) is 11.9 Å². The molecule has 27 heavy (non-hydrogen) atoms. The summed E-state index contributed by atoms with van der Waals surface area (Å²) in [5.41, 5.74) is 8.86. The highest BCUT2D eigenvalue weighted by Gasteiger charge is 2.39. The van der Waals surface area contributed by atoms with Crippen LogP contribution in [0.1, 0.15) is 40.0 Å². The molecule has 3 amide bonds. The lowest BCUT2D eigenvalue weighted by molar-refractivity contribution is -0.136. The van der Waals surface area contributed by atoms with Crippen LogP contribution in [-0.4, -0.2) is 38.9 Å². The summed E-state index contributed by atoms with van der Waals surface area (Å²) in [6, 6.07) is 6.78. The lowest BCUT2D eigenvalue weighted by Gasteiger charge is -2.29. The van der Waals surface area contributed by atoms with Gasteiger partial charge < -0.3 is 16.0 Å². The smallest absolute Gasteiger partial charge is 0.255 e. The molecule has 0 radical (unpaired) electrons. The van der Waals surface area contributed by atoms with Gasteiger partial charge in [0, 0.05) is 37.7 Å². The summed E-state index contributed by atoms with van der Waals surface area (Å²) < 4.78 is 0. The molecule has 1 aromatic carbocycles. The second kappa shape index (κ2) is 6.84. The zero-order valence-electron chi connectivity index (χ0n) is 14.6. The normalized spacial score (nSPS) is 19.2. The van der Waals surface area contributed by atoms with Gasteiger partial charge in [0.25, 0.3) is 5.91 Å². The fourth-order valence-electron chi connectivity index (χ4n) is 3.56. The number of fused-ring (bicyclic) bond motifs is 1. The number of rotatable bonds is 5. The molecule has 2 aliphatic rings. The van der Waals surface area contributed by atoms with Gasteiger partial charge in [-0.05, 0) is 23.6 Å². The monoisotopic (exact) mass is 368 g/mol. The number of benzene rings is 1. The van der Waals surface area contributed by atoms with E-state index in [0.29, 0.717) is 37.4 Å². The number of imide groups is 1. The lowest BCUT2D eigenvalue weighted by Crippen LogP contribution is -2.52. The second-order valence-corrected chi connectivity index (χ2v) is 6.68. The molecule has 0 saturated carbocycles. The highest BCUT2D eigenvalue weighted by atomic mass is 16.2. The van der Waals surface area contributed by atoms with Crippen LogP contribution in [0.2, 0.25) is 0 Å². The number of piperidine rings is 1. The van der Waals surface area contributed by atoms with Crippen molar-refractivity contribution in [3.63, 3.8) is 0 Å². The molecule has 9 nitrogen and oxygen atoms in total. The van der Waals surface area contributed by atoms with Crippen molar-refractivity contribution >= 4 is 23.5 Å². The topological polar surface area (TPSA) is 133 Å². The van der Waals surface area contributed by atoms with Crippen molar-refractivity contribution < 1.29 is 14.4 Å². The second-order valence-electron chi connectivity index (χ2n) is 6.68. The maximum atomic E-state index is 12.8. The van der Waals surface area contributed by atoms with Crippen molar-refractivity contribution in [2.24, 2.45) is 5.73 Å². The van der Waals surface area contributed by atoms with Crippen LogP contribution in [0.3, 0.4) is 0 Å². The fourth-order valence-corrected chi connectivity index (χ4v) is 3.56. The van der Waals surface area contributed by atoms with E-state index in [2.05, 4.69) is 20.8 Å². The first-order valence-electron chi connectivity index (χ1n) is 8.80. The number of hydrogen-bond donors (Lipinski definition) is 4. The molecule has 1 fully saturated rings. The van der Waals surface area contributed by atoms with Crippen LogP contribution in [0.5, 0.6) is 0 Å². The SMILES string of the molecule is NCc1cc(NCc2cccc3c2CN(C2CCC(=O)NC2=O)C3=O)n[nH]1. The highest BCUT2D eigenvalue weighted by Crippen LogP contribution is 2.30. The van der Waals surface area contributed by atoms with Gasteiger partial charge in [-0.1, -0.05) is 12.1 Å². The first kappa shape index (κ1) is 17.2. The summed E-state index contributed by atoms with van der Waals surface area (Å²) in [7, 11) is 0. The van der Waals surface area contributed by atoms with E-state index < -0.39 is 11.9 Å². The molecular weight excluding hydrogens is 348 g/mol. The molecule has 0 spiro atoms. The summed E-state index contributed by atoms with van der Waals surface area (Å²) in [5.74, 6) is -0.190. The van der Waals surface area contributed by atoms with Gasteiger partial charge in [-0.2, -0.15) is 5.10 Å². The van der Waals surface area contributed by atoms with Crippen molar-refractivity contribution in [1.29, 1.82) is 0 Å². The molecule has 9 heteroatoms. The van der Waals surface area contributed by atoms with Crippen LogP contribution in [0.4, 0.5) is 5.82 Å². The Bertz CT molecular complexity index is 922. The number of amides is 3. The molecule has 0 bridgehead atoms. The maximum Gasteiger partial charge on any atom is 0.255 e. The average molecular weight is 368 g/mol. The van der Waals surface area contributed by atoms with E-state index >= 15 is 0 Å². The van der Waals surface area contributed by atoms with E-state index in [1.807, 2.05) is 18.2 Å². The molecular formula is C18H20N6O3. The summed E-state index contributed by atoms with van der Waals surface area (Å²) in [6.45, 7) is 1.23. The quantitative estimate of drug-likeness (QED) is 0.559. The van der Waals surface area contributed by atoms with Gasteiger partial charge in [-0.3, -0.25) is 24.8 Å². The zero-order valence-corrected chi connectivity index (χ0v) is 14.6. The number of nitrogens with two attached hydrogens (primary N) is 1. The minimum absolute atomic E-state index is 0.175. The third-order valence-electron chi connectivity index (χ3n) is 4.99. The Labute approximate surface area is 155 Å². The van der Waals surface area contributed by atoms with Crippen LogP contribution in [0.15, 0.2) is 24.3 Å². The molecule has 3 heterocycles. The number of aromatic nitrogens is 2. The molecule has 140 valence electrons. The predicted molar refractivity (Wildman–Crippen MR) is 96.3 cm³/mol. The Balaban J connectivity index is 1.52. The van der Waals surface area contributed by atoms with E-state index in [0.717, 1.165) is 16.8 Å². The Hall–Kier alpha value is -3.20. The predicted octanol–water partition coefficient (Wildman–Crippen LogP) is 0.242. The summed E-state index contributed by atoms with van der Waals surface area (Å²) >= 11 is 0. The molecule has 4 rings (SSSR count). The fraction of sp³-hybridized carbons (Fsp3) is 0.333.